The second kappa shape index (κ2) is 5.17. The van der Waals surface area contributed by atoms with E-state index < -0.39 is 5.82 Å². The maximum atomic E-state index is 14.0. The van der Waals surface area contributed by atoms with E-state index in [1.807, 2.05) is 42.3 Å². The van der Waals surface area contributed by atoms with Gasteiger partial charge in [0.25, 0.3) is 5.78 Å². The van der Waals surface area contributed by atoms with Crippen molar-refractivity contribution in [3.63, 3.8) is 0 Å². The van der Waals surface area contributed by atoms with Gasteiger partial charge in [-0.2, -0.15) is 4.98 Å². The van der Waals surface area contributed by atoms with Gasteiger partial charge < -0.3 is 4.90 Å². The van der Waals surface area contributed by atoms with Crippen molar-refractivity contribution in [3.05, 3.63) is 59.6 Å². The van der Waals surface area contributed by atoms with Crippen molar-refractivity contribution in [1.29, 1.82) is 0 Å². The summed E-state index contributed by atoms with van der Waals surface area (Å²) in [5.41, 5.74) is 1.63. The number of hydrogen-bond donors (Lipinski definition) is 0. The van der Waals surface area contributed by atoms with Crippen molar-refractivity contribution in [2.45, 2.75) is 0 Å². The minimum absolute atomic E-state index is 0.0482. The van der Waals surface area contributed by atoms with E-state index in [0.29, 0.717) is 22.5 Å². The molecule has 4 rings (SSSR count). The monoisotopic (exact) mass is 327 g/mol. The first-order valence-electron chi connectivity index (χ1n) is 6.92. The molecule has 0 atom stereocenters. The van der Waals surface area contributed by atoms with E-state index in [9.17, 15) is 4.39 Å². The van der Waals surface area contributed by atoms with Crippen molar-refractivity contribution in [1.82, 2.24) is 19.6 Å². The molecule has 114 valence electrons. The Morgan fingerprint density at radius 1 is 1.17 bits per heavy atom. The predicted octanol–water partition coefficient (Wildman–Crippen LogP) is 3.84. The van der Waals surface area contributed by atoms with Gasteiger partial charge in [0.2, 0.25) is 0 Å². The molecule has 0 unspecified atom stereocenters. The van der Waals surface area contributed by atoms with Crippen LogP contribution in [-0.4, -0.2) is 26.6 Å². The minimum Gasteiger partial charge on any atom is -0.329 e. The maximum Gasteiger partial charge on any atom is 0.257 e. The SMILES string of the molecule is CN(c1ccccc1)c1nc2nncn2c2cc(Cl)c(F)cc12. The topological polar surface area (TPSA) is 46.3 Å². The Morgan fingerprint density at radius 3 is 2.74 bits per heavy atom. The normalized spacial score (nSPS) is 11.3. The smallest absolute Gasteiger partial charge is 0.257 e. The lowest BCUT2D eigenvalue weighted by atomic mass is 10.2. The molecular formula is C16H11ClFN5. The van der Waals surface area contributed by atoms with Gasteiger partial charge in [0.05, 0.1) is 10.5 Å². The Kier molecular flexibility index (Phi) is 3.12. The summed E-state index contributed by atoms with van der Waals surface area (Å²) in [7, 11) is 1.87. The molecule has 23 heavy (non-hydrogen) atoms. The third-order valence-corrected chi connectivity index (χ3v) is 4.03. The number of para-hydroxylation sites is 1. The molecular weight excluding hydrogens is 317 g/mol. The zero-order valence-corrected chi connectivity index (χ0v) is 12.9. The average molecular weight is 328 g/mol. The molecule has 0 radical (unpaired) electrons. The molecule has 0 aliphatic carbocycles. The third-order valence-electron chi connectivity index (χ3n) is 3.74. The van der Waals surface area contributed by atoms with Gasteiger partial charge in [-0.05, 0) is 24.3 Å². The van der Waals surface area contributed by atoms with Gasteiger partial charge in [0.15, 0.2) is 0 Å². The molecule has 7 heteroatoms. The second-order valence-electron chi connectivity index (χ2n) is 5.11. The molecule has 0 amide bonds. The second-order valence-corrected chi connectivity index (χ2v) is 5.52. The van der Waals surface area contributed by atoms with Gasteiger partial charge in [-0.3, -0.25) is 4.40 Å². The number of hydrogen-bond acceptors (Lipinski definition) is 4. The van der Waals surface area contributed by atoms with E-state index in [4.69, 9.17) is 11.6 Å². The fourth-order valence-electron chi connectivity index (χ4n) is 2.57. The molecule has 4 aromatic rings. The number of benzene rings is 2. The van der Waals surface area contributed by atoms with E-state index in [2.05, 4.69) is 15.2 Å². The van der Waals surface area contributed by atoms with Crippen LogP contribution in [0.2, 0.25) is 5.02 Å². The van der Waals surface area contributed by atoms with E-state index in [1.54, 1.807) is 10.5 Å². The van der Waals surface area contributed by atoms with Crippen LogP contribution >= 0.6 is 11.6 Å². The Hall–Kier alpha value is -2.73. The standard InChI is InChI=1S/C16H11ClFN5/c1-22(10-5-3-2-4-6-10)15-11-7-13(18)12(17)8-14(11)23-9-19-21-16(23)20-15/h2-9H,1H3. The molecule has 0 aliphatic heterocycles. The van der Waals surface area contributed by atoms with E-state index >= 15 is 0 Å². The number of aromatic nitrogens is 4. The van der Waals surface area contributed by atoms with Gasteiger partial charge in [-0.1, -0.05) is 29.8 Å². The Balaban J connectivity index is 2.06. The number of nitrogens with zero attached hydrogens (tertiary/aromatic N) is 5. The highest BCUT2D eigenvalue weighted by Gasteiger charge is 2.16. The quantitative estimate of drug-likeness (QED) is 0.561. The van der Waals surface area contributed by atoms with Crippen LogP contribution in [0.15, 0.2) is 48.8 Å². The Morgan fingerprint density at radius 2 is 1.96 bits per heavy atom. The van der Waals surface area contributed by atoms with Crippen molar-refractivity contribution < 1.29 is 4.39 Å². The molecule has 0 fully saturated rings. The van der Waals surface area contributed by atoms with Gasteiger partial charge in [-0.25, -0.2) is 4.39 Å². The number of halogens is 2. The van der Waals surface area contributed by atoms with E-state index in [1.165, 1.54) is 12.4 Å². The first kappa shape index (κ1) is 13.9. The minimum atomic E-state index is -0.490. The van der Waals surface area contributed by atoms with Gasteiger partial charge in [0.1, 0.15) is 18.0 Å². The average Bonchev–Trinajstić information content (AvgIpc) is 3.04. The van der Waals surface area contributed by atoms with Crippen molar-refractivity contribution in [2.75, 3.05) is 11.9 Å². The molecule has 0 aliphatic rings. The van der Waals surface area contributed by atoms with Gasteiger partial charge in [-0.15, -0.1) is 10.2 Å². The predicted molar refractivity (Wildman–Crippen MR) is 87.8 cm³/mol. The largest absolute Gasteiger partial charge is 0.329 e. The highest BCUT2D eigenvalue weighted by atomic mass is 35.5. The maximum absolute atomic E-state index is 14.0. The van der Waals surface area contributed by atoms with Crippen LogP contribution in [-0.2, 0) is 0 Å². The summed E-state index contributed by atoms with van der Waals surface area (Å²) < 4.78 is 15.7. The fraction of sp³-hybridized carbons (Fsp3) is 0.0625. The summed E-state index contributed by atoms with van der Waals surface area (Å²) in [4.78, 5) is 6.40. The first-order chi connectivity index (χ1) is 11.1. The zero-order valence-electron chi connectivity index (χ0n) is 12.1. The lowest BCUT2D eigenvalue weighted by Gasteiger charge is -2.20. The molecule has 5 nitrogen and oxygen atoms in total. The highest BCUT2D eigenvalue weighted by molar-refractivity contribution is 6.31. The first-order valence-corrected chi connectivity index (χ1v) is 7.30. The Labute approximate surface area is 136 Å². The summed E-state index contributed by atoms with van der Waals surface area (Å²) in [5.74, 6) is 0.524. The molecule has 2 aromatic carbocycles. The lowest BCUT2D eigenvalue weighted by molar-refractivity contribution is 0.630. The fourth-order valence-corrected chi connectivity index (χ4v) is 2.73. The summed E-state index contributed by atoms with van der Waals surface area (Å²) in [5, 5.41) is 8.55. The van der Waals surface area contributed by atoms with Gasteiger partial charge in [0, 0.05) is 18.1 Å². The molecule has 2 heterocycles. The van der Waals surface area contributed by atoms with Crippen molar-refractivity contribution >= 4 is 39.8 Å². The lowest BCUT2D eigenvalue weighted by Crippen LogP contribution is -2.13. The number of fused-ring (bicyclic) bond motifs is 3. The van der Waals surface area contributed by atoms with Crippen LogP contribution in [0.25, 0.3) is 16.7 Å². The third kappa shape index (κ3) is 2.19. The van der Waals surface area contributed by atoms with Crippen LogP contribution < -0.4 is 4.90 Å². The zero-order chi connectivity index (χ0) is 16.0. The van der Waals surface area contributed by atoms with E-state index in [0.717, 1.165) is 5.69 Å². The highest BCUT2D eigenvalue weighted by Crippen LogP contribution is 2.32. The molecule has 0 saturated carbocycles. The summed E-state index contributed by atoms with van der Waals surface area (Å²) >= 11 is 5.94. The van der Waals surface area contributed by atoms with Crippen LogP contribution in [0.4, 0.5) is 15.9 Å². The summed E-state index contributed by atoms with van der Waals surface area (Å²) in [6.07, 6.45) is 1.53. The number of anilines is 2. The molecule has 0 bridgehead atoms. The summed E-state index contributed by atoms with van der Waals surface area (Å²) in [6, 6.07) is 12.7. The van der Waals surface area contributed by atoms with Gasteiger partial charge >= 0.3 is 0 Å². The van der Waals surface area contributed by atoms with Crippen molar-refractivity contribution in [3.8, 4) is 0 Å². The molecule has 0 spiro atoms. The van der Waals surface area contributed by atoms with Crippen molar-refractivity contribution in [2.24, 2.45) is 0 Å². The molecule has 0 saturated heterocycles. The van der Waals surface area contributed by atoms with Crippen LogP contribution in [0.5, 0.6) is 0 Å². The Bertz CT molecular complexity index is 1020. The molecule has 0 N–H and O–H groups in total. The number of rotatable bonds is 2. The van der Waals surface area contributed by atoms with Crippen LogP contribution in [0.1, 0.15) is 0 Å². The summed E-state index contributed by atoms with van der Waals surface area (Å²) in [6.45, 7) is 0. The van der Waals surface area contributed by atoms with Crippen LogP contribution in [0.3, 0.4) is 0 Å². The molecule has 2 aromatic heterocycles. The van der Waals surface area contributed by atoms with E-state index in [-0.39, 0.29) is 5.02 Å². The van der Waals surface area contributed by atoms with Crippen LogP contribution in [0, 0.1) is 5.82 Å².